The molecule has 0 aliphatic rings. The maximum absolute atomic E-state index is 13.4. The van der Waals surface area contributed by atoms with Gasteiger partial charge in [0, 0.05) is 21.6 Å². The first-order valence-corrected chi connectivity index (χ1v) is 8.73. The van der Waals surface area contributed by atoms with Crippen LogP contribution in [0.4, 0.5) is 16.2 Å². The van der Waals surface area contributed by atoms with Crippen LogP contribution in [0, 0.1) is 0 Å². The summed E-state index contributed by atoms with van der Waals surface area (Å²) in [5, 5.41) is 10.8. The average Bonchev–Trinajstić information content (AvgIpc) is 2.58. The van der Waals surface area contributed by atoms with Crippen LogP contribution in [0.2, 0.25) is 5.02 Å². The summed E-state index contributed by atoms with van der Waals surface area (Å²) < 4.78 is 1.44. The highest BCUT2D eigenvalue weighted by Crippen LogP contribution is 2.34. The van der Waals surface area contributed by atoms with Gasteiger partial charge in [0.2, 0.25) is 0 Å². The van der Waals surface area contributed by atoms with E-state index in [0.717, 1.165) is 4.90 Å². The molecule has 3 rings (SSSR count). The van der Waals surface area contributed by atoms with E-state index in [-0.39, 0.29) is 11.4 Å². The Kier molecular flexibility index (Phi) is 4.61. The second-order valence-electron chi connectivity index (χ2n) is 7.19. The number of para-hydroxylation sites is 1. The molecular formula is C20H20ClN3O3. The zero-order chi connectivity index (χ0) is 19.9. The number of rotatable bonds is 2. The summed E-state index contributed by atoms with van der Waals surface area (Å²) in [5.41, 5.74) is 6.04. The molecule has 2 aromatic carbocycles. The molecule has 1 amide bonds. The van der Waals surface area contributed by atoms with Gasteiger partial charge in [0.1, 0.15) is 5.69 Å². The minimum Gasteiger partial charge on any atom is -0.465 e. The van der Waals surface area contributed by atoms with Crippen LogP contribution < -0.4 is 16.2 Å². The van der Waals surface area contributed by atoms with Crippen molar-refractivity contribution >= 4 is 40.0 Å². The van der Waals surface area contributed by atoms with Gasteiger partial charge < -0.3 is 10.8 Å². The van der Waals surface area contributed by atoms with Crippen LogP contribution in [0.3, 0.4) is 0 Å². The molecular weight excluding hydrogens is 366 g/mol. The average molecular weight is 386 g/mol. The molecule has 0 aliphatic carbocycles. The van der Waals surface area contributed by atoms with E-state index in [1.165, 1.54) is 4.57 Å². The number of pyridine rings is 1. The number of amides is 1. The second kappa shape index (κ2) is 6.63. The number of nitrogens with zero attached hydrogens (tertiary/aromatic N) is 2. The van der Waals surface area contributed by atoms with Crippen molar-refractivity contribution in [3.63, 3.8) is 0 Å². The molecule has 3 N–H and O–H groups in total. The van der Waals surface area contributed by atoms with Crippen molar-refractivity contribution in [2.75, 3.05) is 10.6 Å². The van der Waals surface area contributed by atoms with Crippen molar-refractivity contribution in [1.82, 2.24) is 4.57 Å². The first kappa shape index (κ1) is 18.8. The van der Waals surface area contributed by atoms with Crippen molar-refractivity contribution < 1.29 is 9.90 Å². The summed E-state index contributed by atoms with van der Waals surface area (Å²) in [4.78, 5) is 26.4. The lowest BCUT2D eigenvalue weighted by Crippen LogP contribution is -2.48. The van der Waals surface area contributed by atoms with Gasteiger partial charge in [-0.1, -0.05) is 29.8 Å². The van der Waals surface area contributed by atoms with Crippen molar-refractivity contribution in [3.8, 4) is 5.69 Å². The number of nitrogen functional groups attached to an aromatic ring is 1. The SMILES string of the molecule is CC(C)(C)N(C(=O)O)c1c(N)c2ccc(Cl)cc2n(-c2ccccc2)c1=O. The smallest absolute Gasteiger partial charge is 0.412 e. The monoisotopic (exact) mass is 385 g/mol. The van der Waals surface area contributed by atoms with Gasteiger partial charge in [0.15, 0.2) is 0 Å². The third-order valence-corrected chi connectivity index (χ3v) is 4.49. The lowest BCUT2D eigenvalue weighted by Gasteiger charge is -2.34. The Hall–Kier alpha value is -2.99. The molecule has 0 atom stereocenters. The van der Waals surface area contributed by atoms with Gasteiger partial charge in [0.05, 0.1) is 11.2 Å². The molecule has 0 saturated heterocycles. The molecule has 0 unspecified atom stereocenters. The number of hydrogen-bond acceptors (Lipinski definition) is 3. The van der Waals surface area contributed by atoms with Crippen LogP contribution in [0.25, 0.3) is 16.6 Å². The fourth-order valence-electron chi connectivity index (χ4n) is 3.14. The van der Waals surface area contributed by atoms with Gasteiger partial charge in [-0.15, -0.1) is 0 Å². The predicted octanol–water partition coefficient (Wildman–Crippen LogP) is 4.51. The summed E-state index contributed by atoms with van der Waals surface area (Å²) in [6.07, 6.45) is -1.25. The first-order valence-electron chi connectivity index (χ1n) is 8.35. The fraction of sp³-hybridized carbons (Fsp3) is 0.200. The van der Waals surface area contributed by atoms with E-state index in [2.05, 4.69) is 0 Å². The van der Waals surface area contributed by atoms with Gasteiger partial charge >= 0.3 is 6.09 Å². The summed E-state index contributed by atoms with van der Waals surface area (Å²) in [6.45, 7) is 5.12. The van der Waals surface area contributed by atoms with Gasteiger partial charge in [0.25, 0.3) is 5.56 Å². The highest BCUT2D eigenvalue weighted by molar-refractivity contribution is 6.31. The minimum absolute atomic E-state index is 0.0753. The zero-order valence-electron chi connectivity index (χ0n) is 15.2. The van der Waals surface area contributed by atoms with Crippen molar-refractivity contribution in [3.05, 3.63) is 63.9 Å². The number of nitrogens with two attached hydrogens (primary N) is 1. The number of anilines is 2. The van der Waals surface area contributed by atoms with Gasteiger partial charge in [-0.3, -0.25) is 14.3 Å². The molecule has 0 aliphatic heterocycles. The number of halogens is 1. The second-order valence-corrected chi connectivity index (χ2v) is 7.63. The highest BCUT2D eigenvalue weighted by atomic mass is 35.5. The van der Waals surface area contributed by atoms with Crippen LogP contribution in [0.1, 0.15) is 20.8 Å². The maximum Gasteiger partial charge on any atom is 0.412 e. The number of fused-ring (bicyclic) bond motifs is 1. The van der Waals surface area contributed by atoms with Crippen molar-refractivity contribution in [1.29, 1.82) is 0 Å². The van der Waals surface area contributed by atoms with E-state index in [1.807, 2.05) is 6.07 Å². The number of carbonyl (C=O) groups is 1. The Labute approximate surface area is 161 Å². The summed E-state index contributed by atoms with van der Waals surface area (Å²) >= 11 is 6.15. The van der Waals surface area contributed by atoms with Crippen LogP contribution in [0.15, 0.2) is 53.3 Å². The molecule has 0 radical (unpaired) electrons. The molecule has 27 heavy (non-hydrogen) atoms. The maximum atomic E-state index is 13.4. The Balaban J connectivity index is 2.53. The number of benzene rings is 2. The minimum atomic E-state index is -1.25. The van der Waals surface area contributed by atoms with E-state index in [9.17, 15) is 14.7 Å². The standard InChI is InChI=1S/C20H20ClN3O3/c1-20(2,3)24(19(26)27)17-16(22)14-10-9-12(21)11-15(14)23(18(17)25)13-7-5-4-6-8-13/h4-11H,22H2,1-3H3,(H,26,27). The van der Waals surface area contributed by atoms with Gasteiger partial charge in [-0.2, -0.15) is 0 Å². The number of carboxylic acid groups (broad SMARTS) is 1. The first-order chi connectivity index (χ1) is 12.6. The molecule has 0 saturated carbocycles. The topological polar surface area (TPSA) is 88.6 Å². The van der Waals surface area contributed by atoms with Crippen molar-refractivity contribution in [2.24, 2.45) is 0 Å². The summed E-state index contributed by atoms with van der Waals surface area (Å²) in [7, 11) is 0. The summed E-state index contributed by atoms with van der Waals surface area (Å²) in [6, 6.07) is 14.0. The van der Waals surface area contributed by atoms with Crippen LogP contribution in [0.5, 0.6) is 0 Å². The molecule has 140 valence electrons. The Morgan fingerprint density at radius 3 is 2.33 bits per heavy atom. The van der Waals surface area contributed by atoms with E-state index >= 15 is 0 Å². The molecule has 6 nitrogen and oxygen atoms in total. The molecule has 0 fully saturated rings. The van der Waals surface area contributed by atoms with Crippen LogP contribution in [-0.4, -0.2) is 21.3 Å². The highest BCUT2D eigenvalue weighted by Gasteiger charge is 2.33. The quantitative estimate of drug-likeness (QED) is 0.679. The Morgan fingerprint density at radius 2 is 1.78 bits per heavy atom. The molecule has 1 aromatic heterocycles. The van der Waals surface area contributed by atoms with Crippen molar-refractivity contribution in [2.45, 2.75) is 26.3 Å². The third-order valence-electron chi connectivity index (χ3n) is 4.25. The molecule has 0 bridgehead atoms. The molecule has 1 heterocycles. The third kappa shape index (κ3) is 3.24. The molecule has 3 aromatic rings. The summed E-state index contributed by atoms with van der Waals surface area (Å²) in [5.74, 6) is 0. The molecule has 7 heteroatoms. The predicted molar refractivity (Wildman–Crippen MR) is 109 cm³/mol. The van der Waals surface area contributed by atoms with E-state index in [4.69, 9.17) is 17.3 Å². The number of aromatic nitrogens is 1. The van der Waals surface area contributed by atoms with Gasteiger partial charge in [-0.25, -0.2) is 4.79 Å². The lowest BCUT2D eigenvalue weighted by atomic mass is 10.0. The lowest BCUT2D eigenvalue weighted by molar-refractivity contribution is 0.195. The Bertz CT molecular complexity index is 1090. The van der Waals surface area contributed by atoms with Crippen LogP contribution >= 0.6 is 11.6 Å². The van der Waals surface area contributed by atoms with E-state index in [1.54, 1.807) is 63.2 Å². The van der Waals surface area contributed by atoms with E-state index < -0.39 is 17.2 Å². The largest absolute Gasteiger partial charge is 0.465 e. The van der Waals surface area contributed by atoms with E-state index in [0.29, 0.717) is 21.6 Å². The normalized spacial score (nSPS) is 11.6. The van der Waals surface area contributed by atoms with Crippen LogP contribution in [-0.2, 0) is 0 Å². The Morgan fingerprint density at radius 1 is 1.15 bits per heavy atom. The zero-order valence-corrected chi connectivity index (χ0v) is 16.0. The fourth-order valence-corrected chi connectivity index (χ4v) is 3.31. The molecule has 0 spiro atoms. The van der Waals surface area contributed by atoms with Gasteiger partial charge in [-0.05, 0) is 51.1 Å². The number of hydrogen-bond donors (Lipinski definition) is 2.